The van der Waals surface area contributed by atoms with Crippen LogP contribution in [0.25, 0.3) is 0 Å². The summed E-state index contributed by atoms with van der Waals surface area (Å²) in [5.41, 5.74) is 2.55. The average molecular weight is 364 g/mol. The summed E-state index contributed by atoms with van der Waals surface area (Å²) >= 11 is 0. The van der Waals surface area contributed by atoms with Crippen LogP contribution >= 0.6 is 0 Å². The smallest absolute Gasteiger partial charge is 0.262 e. The van der Waals surface area contributed by atoms with E-state index in [0.717, 1.165) is 22.6 Å². The van der Waals surface area contributed by atoms with Crippen LogP contribution in [0.3, 0.4) is 0 Å². The molecule has 0 saturated heterocycles. The Bertz CT molecular complexity index is 918. The minimum atomic E-state index is -0.417. The van der Waals surface area contributed by atoms with Gasteiger partial charge in [-0.05, 0) is 36.1 Å². The molecule has 4 rings (SSSR count). The van der Waals surface area contributed by atoms with Crippen LogP contribution in [0.5, 0.6) is 5.75 Å². The molecule has 2 aliphatic rings. The second-order valence-corrected chi connectivity index (χ2v) is 7.05. The molecule has 0 aromatic heterocycles. The summed E-state index contributed by atoms with van der Waals surface area (Å²) in [5, 5.41) is 0. The van der Waals surface area contributed by atoms with Gasteiger partial charge in [0.2, 0.25) is 5.91 Å². The van der Waals surface area contributed by atoms with Gasteiger partial charge in [-0.1, -0.05) is 25.1 Å². The van der Waals surface area contributed by atoms with Gasteiger partial charge >= 0.3 is 0 Å². The van der Waals surface area contributed by atoms with Crippen molar-refractivity contribution in [3.63, 3.8) is 0 Å². The Morgan fingerprint density at radius 2 is 1.78 bits per heavy atom. The first-order chi connectivity index (χ1) is 13.0. The fraction of sp³-hybridized carbons (Fsp3) is 0.286. The quantitative estimate of drug-likeness (QED) is 0.785. The first kappa shape index (κ1) is 17.3. The normalized spacial score (nSPS) is 18.4. The predicted octanol–water partition coefficient (Wildman–Crippen LogP) is 2.52. The number of carbonyl (C=O) groups is 3. The number of amides is 3. The summed E-state index contributed by atoms with van der Waals surface area (Å²) < 4.78 is 5.29. The third-order valence-corrected chi connectivity index (χ3v) is 5.12. The minimum Gasteiger partial charge on any atom is -0.497 e. The van der Waals surface area contributed by atoms with Crippen molar-refractivity contribution in [2.24, 2.45) is 5.92 Å². The van der Waals surface area contributed by atoms with Gasteiger partial charge in [-0.25, -0.2) is 0 Å². The van der Waals surface area contributed by atoms with E-state index in [1.807, 2.05) is 18.2 Å². The molecule has 6 heteroatoms. The van der Waals surface area contributed by atoms with Crippen molar-refractivity contribution in [2.75, 3.05) is 25.1 Å². The van der Waals surface area contributed by atoms with Crippen molar-refractivity contribution >= 4 is 23.4 Å². The Labute approximate surface area is 157 Å². The van der Waals surface area contributed by atoms with Crippen LogP contribution in [-0.2, 0) is 11.2 Å². The van der Waals surface area contributed by atoms with Gasteiger partial charge < -0.3 is 9.64 Å². The zero-order chi connectivity index (χ0) is 19.1. The SMILES string of the molecule is COc1ccc2c(c1)N(C(=O)CN1C(=O)c3ccccc3C1=O)CC(C)C2. The van der Waals surface area contributed by atoms with Gasteiger partial charge in [0.25, 0.3) is 11.8 Å². The zero-order valence-electron chi connectivity index (χ0n) is 15.3. The van der Waals surface area contributed by atoms with Gasteiger partial charge in [-0.15, -0.1) is 0 Å². The highest BCUT2D eigenvalue weighted by Gasteiger charge is 2.38. The van der Waals surface area contributed by atoms with E-state index >= 15 is 0 Å². The van der Waals surface area contributed by atoms with Crippen LogP contribution in [0.4, 0.5) is 5.69 Å². The maximum atomic E-state index is 13.0. The molecular formula is C21H20N2O4. The average Bonchev–Trinajstić information content (AvgIpc) is 2.92. The lowest BCUT2D eigenvalue weighted by molar-refractivity contribution is -0.119. The molecule has 0 N–H and O–H groups in total. The molecule has 0 radical (unpaired) electrons. The number of nitrogens with zero attached hydrogens (tertiary/aromatic N) is 2. The van der Waals surface area contributed by atoms with E-state index in [2.05, 4.69) is 6.92 Å². The van der Waals surface area contributed by atoms with Crippen LogP contribution in [0, 0.1) is 5.92 Å². The molecule has 0 bridgehead atoms. The Morgan fingerprint density at radius 3 is 2.41 bits per heavy atom. The Morgan fingerprint density at radius 1 is 1.11 bits per heavy atom. The van der Waals surface area contributed by atoms with Crippen molar-refractivity contribution in [1.29, 1.82) is 0 Å². The van der Waals surface area contributed by atoms with Crippen molar-refractivity contribution in [3.05, 3.63) is 59.2 Å². The predicted molar refractivity (Wildman–Crippen MR) is 100 cm³/mol. The molecule has 2 aromatic rings. The topological polar surface area (TPSA) is 66.9 Å². The number of fused-ring (bicyclic) bond motifs is 2. The lowest BCUT2D eigenvalue weighted by Gasteiger charge is -2.34. The number of rotatable bonds is 3. The molecule has 1 atom stereocenters. The van der Waals surface area contributed by atoms with Crippen molar-refractivity contribution in [2.45, 2.75) is 13.3 Å². The van der Waals surface area contributed by atoms with Crippen molar-refractivity contribution in [1.82, 2.24) is 4.90 Å². The number of carbonyl (C=O) groups excluding carboxylic acids is 3. The summed E-state index contributed by atoms with van der Waals surface area (Å²) in [4.78, 5) is 40.8. The van der Waals surface area contributed by atoms with Gasteiger partial charge in [0.1, 0.15) is 12.3 Å². The lowest BCUT2D eigenvalue weighted by Crippen LogP contribution is -2.46. The highest BCUT2D eigenvalue weighted by Crippen LogP contribution is 2.33. The Kier molecular flexibility index (Phi) is 4.18. The van der Waals surface area contributed by atoms with Gasteiger partial charge in [-0.3, -0.25) is 19.3 Å². The molecule has 2 aromatic carbocycles. The molecule has 0 saturated carbocycles. The van der Waals surface area contributed by atoms with Crippen LogP contribution in [0.15, 0.2) is 42.5 Å². The van der Waals surface area contributed by atoms with Crippen LogP contribution in [-0.4, -0.2) is 42.8 Å². The Hall–Kier alpha value is -3.15. The van der Waals surface area contributed by atoms with E-state index < -0.39 is 11.8 Å². The molecule has 0 aliphatic carbocycles. The fourth-order valence-electron chi connectivity index (χ4n) is 3.78. The lowest BCUT2D eigenvalue weighted by atomic mass is 9.93. The van der Waals surface area contributed by atoms with Gasteiger partial charge in [0, 0.05) is 12.6 Å². The number of methoxy groups -OCH3 is 1. The molecule has 6 nitrogen and oxygen atoms in total. The van der Waals surface area contributed by atoms with Gasteiger partial charge in [-0.2, -0.15) is 0 Å². The monoisotopic (exact) mass is 364 g/mol. The molecule has 2 aliphatic heterocycles. The largest absolute Gasteiger partial charge is 0.497 e. The second kappa shape index (κ2) is 6.54. The summed E-state index contributed by atoms with van der Waals surface area (Å²) in [6.07, 6.45) is 0.871. The van der Waals surface area contributed by atoms with Gasteiger partial charge in [0.05, 0.1) is 23.9 Å². The van der Waals surface area contributed by atoms with E-state index in [9.17, 15) is 14.4 Å². The number of benzene rings is 2. The highest BCUT2D eigenvalue weighted by molar-refractivity contribution is 6.22. The first-order valence-corrected chi connectivity index (χ1v) is 8.92. The summed E-state index contributed by atoms with van der Waals surface area (Å²) in [6, 6.07) is 12.3. The maximum Gasteiger partial charge on any atom is 0.262 e. The minimum absolute atomic E-state index is 0.268. The number of ether oxygens (including phenoxy) is 1. The molecule has 1 unspecified atom stereocenters. The number of anilines is 1. The van der Waals surface area contributed by atoms with E-state index in [1.165, 1.54) is 0 Å². The molecule has 0 spiro atoms. The van der Waals surface area contributed by atoms with Gasteiger partial charge in [0.15, 0.2) is 0 Å². The van der Waals surface area contributed by atoms with Crippen LogP contribution in [0.1, 0.15) is 33.2 Å². The molecule has 0 fully saturated rings. The second-order valence-electron chi connectivity index (χ2n) is 7.05. The first-order valence-electron chi connectivity index (χ1n) is 8.92. The summed E-state index contributed by atoms with van der Waals surface area (Å²) in [5.74, 6) is -0.149. The van der Waals surface area contributed by atoms with E-state index in [1.54, 1.807) is 36.3 Å². The highest BCUT2D eigenvalue weighted by atomic mass is 16.5. The zero-order valence-corrected chi connectivity index (χ0v) is 15.3. The van der Waals surface area contributed by atoms with Crippen molar-refractivity contribution < 1.29 is 19.1 Å². The molecule has 27 heavy (non-hydrogen) atoms. The number of hydrogen-bond donors (Lipinski definition) is 0. The Balaban J connectivity index is 1.61. The number of hydrogen-bond acceptors (Lipinski definition) is 4. The molecule has 3 amide bonds. The van der Waals surface area contributed by atoms with Crippen LogP contribution < -0.4 is 9.64 Å². The van der Waals surface area contributed by atoms with Crippen molar-refractivity contribution in [3.8, 4) is 5.75 Å². The summed E-state index contributed by atoms with van der Waals surface area (Å²) in [7, 11) is 1.58. The van der Waals surface area contributed by atoms with Crippen LogP contribution in [0.2, 0.25) is 0 Å². The van der Waals surface area contributed by atoms with E-state index in [4.69, 9.17) is 4.74 Å². The third-order valence-electron chi connectivity index (χ3n) is 5.12. The molecule has 2 heterocycles. The molecular weight excluding hydrogens is 344 g/mol. The third kappa shape index (κ3) is 2.87. The molecule has 138 valence electrons. The number of imide groups is 1. The summed E-state index contributed by atoms with van der Waals surface area (Å²) in [6.45, 7) is 2.35. The van der Waals surface area contributed by atoms with E-state index in [0.29, 0.717) is 23.4 Å². The fourth-order valence-corrected chi connectivity index (χ4v) is 3.78. The maximum absolute atomic E-state index is 13.0. The standard InChI is InChI=1S/C21H20N2O4/c1-13-9-14-7-8-15(27-2)10-18(14)22(11-13)19(24)12-23-20(25)16-5-3-4-6-17(16)21(23)26/h3-8,10,13H,9,11-12H2,1-2H3. The van der Waals surface area contributed by atoms with E-state index in [-0.39, 0.29) is 18.4 Å².